The SMILES string of the molecule is O=C1CCC(N2C(=O)c3ccc(N4CCC5CN(C6CCC(C(=O)N7CCN8c9cc(-c%10ccccc%10O)nnc9NC[C@H]8C7)CC6)CC5C4)cc3C2=O)C(=O)N1. The smallest absolute Gasteiger partial charge is 0.262 e. The predicted octanol–water partition coefficient (Wildman–Crippen LogP) is 2.71. The van der Waals surface area contributed by atoms with Crippen LogP contribution in [0.15, 0.2) is 48.5 Å². The van der Waals surface area contributed by atoms with Crippen LogP contribution in [0.2, 0.25) is 0 Å². The second kappa shape index (κ2) is 14.1. The second-order valence-electron chi connectivity index (χ2n) is 16.9. The molecule has 4 saturated heterocycles. The van der Waals surface area contributed by atoms with Gasteiger partial charge in [0.1, 0.15) is 11.8 Å². The van der Waals surface area contributed by atoms with Crippen molar-refractivity contribution in [1.29, 1.82) is 0 Å². The van der Waals surface area contributed by atoms with Crippen LogP contribution in [0.4, 0.5) is 17.2 Å². The highest BCUT2D eigenvalue weighted by Crippen LogP contribution is 2.40. The summed E-state index contributed by atoms with van der Waals surface area (Å²) in [4.78, 5) is 75.2. The molecule has 7 heterocycles. The Morgan fingerprint density at radius 2 is 1.56 bits per heavy atom. The lowest BCUT2D eigenvalue weighted by molar-refractivity contribution is -0.138. The molecule has 4 atom stereocenters. The lowest BCUT2D eigenvalue weighted by Gasteiger charge is -2.46. The number of likely N-dealkylation sites (tertiary alicyclic amines) is 1. The van der Waals surface area contributed by atoms with Gasteiger partial charge in [0.05, 0.1) is 28.6 Å². The summed E-state index contributed by atoms with van der Waals surface area (Å²) in [6.45, 7) is 6.59. The fourth-order valence-electron chi connectivity index (χ4n) is 10.6. The molecule has 57 heavy (non-hydrogen) atoms. The molecule has 0 radical (unpaired) electrons. The quantitative estimate of drug-likeness (QED) is 0.325. The van der Waals surface area contributed by atoms with E-state index in [4.69, 9.17) is 0 Å². The molecule has 0 bridgehead atoms. The number of hydrogen-bond acceptors (Lipinski definition) is 12. The molecule has 0 spiro atoms. The Labute approximate surface area is 330 Å². The number of fused-ring (bicyclic) bond motifs is 5. The Hall–Kier alpha value is -5.57. The first-order valence-electron chi connectivity index (χ1n) is 20.5. The molecule has 2 aromatic carbocycles. The van der Waals surface area contributed by atoms with Crippen molar-refractivity contribution in [2.24, 2.45) is 17.8 Å². The van der Waals surface area contributed by atoms with E-state index in [1.54, 1.807) is 24.3 Å². The van der Waals surface area contributed by atoms with Crippen LogP contribution in [0.5, 0.6) is 5.75 Å². The summed E-state index contributed by atoms with van der Waals surface area (Å²) >= 11 is 0. The van der Waals surface area contributed by atoms with Gasteiger partial charge in [-0.15, -0.1) is 10.2 Å². The summed E-state index contributed by atoms with van der Waals surface area (Å²) in [5.41, 5.74) is 3.76. The van der Waals surface area contributed by atoms with E-state index in [1.807, 2.05) is 24.3 Å². The molecule has 1 saturated carbocycles. The average molecular weight is 774 g/mol. The van der Waals surface area contributed by atoms with Crippen molar-refractivity contribution in [1.82, 2.24) is 30.2 Å². The van der Waals surface area contributed by atoms with Gasteiger partial charge in [-0.1, -0.05) is 12.1 Å². The second-order valence-corrected chi connectivity index (χ2v) is 16.9. The van der Waals surface area contributed by atoms with Crippen molar-refractivity contribution in [3.63, 3.8) is 0 Å². The first-order valence-corrected chi connectivity index (χ1v) is 20.5. The summed E-state index contributed by atoms with van der Waals surface area (Å²) in [6.07, 6.45) is 5.15. The summed E-state index contributed by atoms with van der Waals surface area (Å²) in [5.74, 6) is 0.383. The van der Waals surface area contributed by atoms with Gasteiger partial charge in [0.25, 0.3) is 11.8 Å². The molecule has 15 heteroatoms. The number of nitrogens with one attached hydrogen (secondary N) is 2. The van der Waals surface area contributed by atoms with Gasteiger partial charge in [0.2, 0.25) is 17.7 Å². The van der Waals surface area contributed by atoms with Gasteiger partial charge in [0, 0.05) is 82.0 Å². The number of carbonyl (C=O) groups is 5. The van der Waals surface area contributed by atoms with E-state index in [0.717, 1.165) is 86.9 Å². The third-order valence-corrected chi connectivity index (χ3v) is 13.7. The molecule has 5 amide bonds. The maximum absolute atomic E-state index is 13.9. The Bertz CT molecular complexity index is 2170. The van der Waals surface area contributed by atoms with E-state index < -0.39 is 23.8 Å². The van der Waals surface area contributed by atoms with Gasteiger partial charge in [-0.2, -0.15) is 0 Å². The lowest BCUT2D eigenvalue weighted by atomic mass is 9.84. The molecule has 1 aromatic heterocycles. The Kier molecular flexibility index (Phi) is 8.87. The molecular formula is C42H47N9O6. The predicted molar refractivity (Wildman–Crippen MR) is 210 cm³/mol. The number of imide groups is 2. The number of hydrogen-bond donors (Lipinski definition) is 3. The number of piperazine rings is 1. The number of rotatable bonds is 5. The van der Waals surface area contributed by atoms with E-state index >= 15 is 0 Å². The first-order chi connectivity index (χ1) is 27.7. The number of anilines is 3. The van der Waals surface area contributed by atoms with Crippen molar-refractivity contribution in [2.45, 2.75) is 63.1 Å². The van der Waals surface area contributed by atoms with Crippen LogP contribution < -0.4 is 20.4 Å². The Morgan fingerprint density at radius 1 is 0.754 bits per heavy atom. The lowest BCUT2D eigenvalue weighted by Crippen LogP contribution is -2.60. The molecular weight excluding hydrogens is 727 g/mol. The summed E-state index contributed by atoms with van der Waals surface area (Å²) < 4.78 is 0. The van der Waals surface area contributed by atoms with Crippen LogP contribution in [-0.2, 0) is 14.4 Å². The van der Waals surface area contributed by atoms with Gasteiger partial charge >= 0.3 is 0 Å². The van der Waals surface area contributed by atoms with Crippen LogP contribution in [0.1, 0.15) is 65.7 Å². The van der Waals surface area contributed by atoms with Gasteiger partial charge in [-0.05, 0) is 86.8 Å². The van der Waals surface area contributed by atoms with Gasteiger partial charge in [-0.3, -0.25) is 39.1 Å². The number of piperidine rings is 2. The topological polar surface area (TPSA) is 172 Å². The molecule has 1 aliphatic carbocycles. The number of para-hydroxylation sites is 1. The summed E-state index contributed by atoms with van der Waals surface area (Å²) in [5, 5.41) is 24.9. The standard InChI is InChI=1S/C42H47N9O6/c52-36-4-2-1-3-31(36)33-18-35-38(46-45-33)43-19-29-23-48(15-16-50(29)35)40(55)24-5-7-27(8-6-24)49-20-25-13-14-47(21-26(25)22-49)28-9-10-30-32(17-28)42(57)51(41(30)56)34-11-12-37(53)44-39(34)54/h1-4,9-10,17-18,24-27,29,34,52H,5-8,11-16,19-23H2,(H,43,46)(H,44,53,54)/t24?,25?,26?,27?,29-,34?/m0/s1. The molecule has 3 aromatic rings. The molecule has 3 N–H and O–H groups in total. The molecule has 7 aliphatic rings. The minimum absolute atomic E-state index is 0.0517. The Morgan fingerprint density at radius 3 is 2.39 bits per heavy atom. The van der Waals surface area contributed by atoms with Gasteiger partial charge in [-0.25, -0.2) is 0 Å². The zero-order chi connectivity index (χ0) is 38.9. The number of carbonyl (C=O) groups excluding carboxylic acids is 5. The zero-order valence-electron chi connectivity index (χ0n) is 31.8. The fourth-order valence-corrected chi connectivity index (χ4v) is 10.6. The zero-order valence-corrected chi connectivity index (χ0v) is 31.8. The van der Waals surface area contributed by atoms with Crippen LogP contribution in [0.25, 0.3) is 11.3 Å². The highest BCUT2D eigenvalue weighted by atomic mass is 16.3. The fraction of sp³-hybridized carbons (Fsp3) is 0.500. The van der Waals surface area contributed by atoms with Crippen molar-refractivity contribution >= 4 is 46.7 Å². The molecule has 5 fully saturated rings. The third-order valence-electron chi connectivity index (χ3n) is 13.7. The molecule has 6 aliphatic heterocycles. The van der Waals surface area contributed by atoms with Crippen molar-refractivity contribution in [2.75, 3.05) is 67.5 Å². The molecule has 15 nitrogen and oxygen atoms in total. The molecule has 3 unspecified atom stereocenters. The van der Waals surface area contributed by atoms with E-state index in [1.165, 1.54) is 0 Å². The average Bonchev–Trinajstić information content (AvgIpc) is 3.77. The monoisotopic (exact) mass is 773 g/mol. The number of amides is 5. The number of aromatic hydroxyl groups is 1. The van der Waals surface area contributed by atoms with Crippen molar-refractivity contribution in [3.8, 4) is 17.0 Å². The third kappa shape index (κ3) is 6.26. The normalized spacial score (nSPS) is 28.7. The van der Waals surface area contributed by atoms with Crippen LogP contribution in [0.3, 0.4) is 0 Å². The molecule has 10 rings (SSSR count). The number of nitrogens with zero attached hydrogens (tertiary/aromatic N) is 7. The number of aromatic nitrogens is 2. The summed E-state index contributed by atoms with van der Waals surface area (Å²) in [6, 6.07) is 14.2. The highest BCUT2D eigenvalue weighted by Gasteiger charge is 2.46. The largest absolute Gasteiger partial charge is 0.507 e. The van der Waals surface area contributed by atoms with Crippen molar-refractivity contribution in [3.05, 3.63) is 59.7 Å². The van der Waals surface area contributed by atoms with E-state index in [2.05, 4.69) is 40.4 Å². The number of benzene rings is 2. The molecule has 296 valence electrons. The minimum atomic E-state index is -0.973. The Balaban J connectivity index is 0.727. The van der Waals surface area contributed by atoms with Crippen LogP contribution >= 0.6 is 0 Å². The van der Waals surface area contributed by atoms with Crippen LogP contribution in [-0.4, -0.2) is 130 Å². The van der Waals surface area contributed by atoms with Crippen molar-refractivity contribution < 1.29 is 29.1 Å². The maximum Gasteiger partial charge on any atom is 0.262 e. The highest BCUT2D eigenvalue weighted by molar-refractivity contribution is 6.23. The van der Waals surface area contributed by atoms with E-state index in [-0.39, 0.29) is 42.4 Å². The minimum Gasteiger partial charge on any atom is -0.507 e. The summed E-state index contributed by atoms with van der Waals surface area (Å²) in [7, 11) is 0. The number of phenols is 1. The van der Waals surface area contributed by atoms with E-state index in [0.29, 0.717) is 59.9 Å². The first kappa shape index (κ1) is 35.8. The van der Waals surface area contributed by atoms with E-state index in [9.17, 15) is 29.1 Å². The van der Waals surface area contributed by atoms with Gasteiger partial charge < -0.3 is 25.1 Å². The van der Waals surface area contributed by atoms with Crippen LogP contribution in [0, 0.1) is 17.8 Å². The maximum atomic E-state index is 13.9. The van der Waals surface area contributed by atoms with Gasteiger partial charge in [0.15, 0.2) is 5.82 Å². The number of phenolic OH excluding ortho intramolecular Hbond substituents is 1.